The van der Waals surface area contributed by atoms with Crippen LogP contribution in [-0.2, 0) is 17.6 Å². The van der Waals surface area contributed by atoms with Crippen molar-refractivity contribution in [1.82, 2.24) is 0 Å². The minimum Gasteiger partial charge on any atom is -0.299 e. The SMILES string of the molecule is O=C(Cc1cccs1)Cc1ccccc1Br. The molecule has 16 heavy (non-hydrogen) atoms. The van der Waals surface area contributed by atoms with Gasteiger partial charge in [-0.05, 0) is 23.1 Å². The Kier molecular flexibility index (Phi) is 3.91. The molecule has 0 fully saturated rings. The summed E-state index contributed by atoms with van der Waals surface area (Å²) in [5.74, 6) is 0.259. The quantitative estimate of drug-likeness (QED) is 0.837. The van der Waals surface area contributed by atoms with E-state index >= 15 is 0 Å². The van der Waals surface area contributed by atoms with E-state index in [-0.39, 0.29) is 5.78 Å². The largest absolute Gasteiger partial charge is 0.299 e. The highest BCUT2D eigenvalue weighted by molar-refractivity contribution is 9.10. The topological polar surface area (TPSA) is 17.1 Å². The first-order valence-corrected chi connectivity index (χ1v) is 6.70. The molecule has 82 valence electrons. The van der Waals surface area contributed by atoms with Crippen molar-refractivity contribution in [2.75, 3.05) is 0 Å². The Morgan fingerprint density at radius 1 is 1.12 bits per heavy atom. The highest BCUT2D eigenvalue weighted by Gasteiger charge is 2.07. The second kappa shape index (κ2) is 5.41. The molecule has 2 aromatic rings. The van der Waals surface area contributed by atoms with Gasteiger partial charge in [-0.25, -0.2) is 0 Å². The molecule has 0 aliphatic rings. The van der Waals surface area contributed by atoms with Crippen LogP contribution in [0, 0.1) is 0 Å². The average molecular weight is 295 g/mol. The zero-order chi connectivity index (χ0) is 11.4. The van der Waals surface area contributed by atoms with Crippen LogP contribution in [0.3, 0.4) is 0 Å². The molecule has 0 aliphatic heterocycles. The summed E-state index contributed by atoms with van der Waals surface area (Å²) in [4.78, 5) is 13.0. The van der Waals surface area contributed by atoms with Crippen LogP contribution in [0.25, 0.3) is 0 Å². The summed E-state index contributed by atoms with van der Waals surface area (Å²) in [5.41, 5.74) is 1.06. The van der Waals surface area contributed by atoms with Crippen LogP contribution in [0.1, 0.15) is 10.4 Å². The number of halogens is 1. The third-order valence-corrected chi connectivity index (χ3v) is 3.95. The molecule has 1 heterocycles. The zero-order valence-electron chi connectivity index (χ0n) is 8.65. The van der Waals surface area contributed by atoms with Crippen LogP contribution < -0.4 is 0 Å². The van der Waals surface area contributed by atoms with Crippen molar-refractivity contribution in [3.05, 3.63) is 56.7 Å². The van der Waals surface area contributed by atoms with Crippen LogP contribution in [0.2, 0.25) is 0 Å². The van der Waals surface area contributed by atoms with E-state index in [1.807, 2.05) is 41.8 Å². The summed E-state index contributed by atoms with van der Waals surface area (Å²) < 4.78 is 1.01. The van der Waals surface area contributed by atoms with E-state index in [0.717, 1.165) is 14.9 Å². The van der Waals surface area contributed by atoms with Crippen molar-refractivity contribution in [2.45, 2.75) is 12.8 Å². The van der Waals surface area contributed by atoms with Crippen LogP contribution in [0.4, 0.5) is 0 Å². The monoisotopic (exact) mass is 294 g/mol. The van der Waals surface area contributed by atoms with Crippen molar-refractivity contribution in [3.8, 4) is 0 Å². The molecule has 0 spiro atoms. The second-order valence-electron chi connectivity index (χ2n) is 3.56. The minimum atomic E-state index is 0.259. The Morgan fingerprint density at radius 3 is 2.62 bits per heavy atom. The lowest BCUT2D eigenvalue weighted by atomic mass is 10.1. The fraction of sp³-hybridized carbons (Fsp3) is 0.154. The number of rotatable bonds is 4. The lowest BCUT2D eigenvalue weighted by molar-refractivity contribution is -0.117. The number of hydrogen-bond acceptors (Lipinski definition) is 2. The predicted octanol–water partition coefficient (Wildman–Crippen LogP) is 3.86. The molecule has 0 atom stereocenters. The van der Waals surface area contributed by atoms with Gasteiger partial charge in [-0.3, -0.25) is 4.79 Å². The second-order valence-corrected chi connectivity index (χ2v) is 5.45. The van der Waals surface area contributed by atoms with Gasteiger partial charge < -0.3 is 0 Å². The van der Waals surface area contributed by atoms with Crippen molar-refractivity contribution >= 4 is 33.0 Å². The van der Waals surface area contributed by atoms with Gasteiger partial charge in [-0.15, -0.1) is 11.3 Å². The summed E-state index contributed by atoms with van der Waals surface area (Å²) in [6, 6.07) is 11.8. The van der Waals surface area contributed by atoms with Crippen molar-refractivity contribution in [1.29, 1.82) is 0 Å². The molecule has 0 bridgehead atoms. The van der Waals surface area contributed by atoms with Gasteiger partial charge in [0.05, 0.1) is 0 Å². The Bertz CT molecular complexity index is 476. The van der Waals surface area contributed by atoms with Gasteiger partial charge in [0.15, 0.2) is 0 Å². The van der Waals surface area contributed by atoms with Crippen LogP contribution in [0.15, 0.2) is 46.3 Å². The van der Waals surface area contributed by atoms with E-state index in [1.165, 1.54) is 0 Å². The number of benzene rings is 1. The number of carbonyl (C=O) groups is 1. The third kappa shape index (κ3) is 3.03. The van der Waals surface area contributed by atoms with Crippen molar-refractivity contribution in [2.24, 2.45) is 0 Å². The first-order chi connectivity index (χ1) is 7.75. The van der Waals surface area contributed by atoms with Gasteiger partial charge in [0, 0.05) is 22.2 Å². The summed E-state index contributed by atoms with van der Waals surface area (Å²) in [7, 11) is 0. The molecule has 2 rings (SSSR count). The van der Waals surface area contributed by atoms with Gasteiger partial charge in [-0.1, -0.05) is 40.2 Å². The summed E-state index contributed by atoms with van der Waals surface area (Å²) in [6.07, 6.45) is 1.04. The molecule has 0 unspecified atom stereocenters. The summed E-state index contributed by atoms with van der Waals surface area (Å²) in [6.45, 7) is 0. The Labute approximate surface area is 107 Å². The standard InChI is InChI=1S/C13H11BrOS/c14-13-6-2-1-4-10(13)8-11(15)9-12-5-3-7-16-12/h1-7H,8-9H2. The van der Waals surface area contributed by atoms with E-state index in [4.69, 9.17) is 0 Å². The van der Waals surface area contributed by atoms with Crippen LogP contribution in [0.5, 0.6) is 0 Å². The van der Waals surface area contributed by atoms with E-state index < -0.39 is 0 Å². The Balaban J connectivity index is 2.00. The predicted molar refractivity (Wildman–Crippen MR) is 70.9 cm³/mol. The molecule has 0 amide bonds. The van der Waals surface area contributed by atoms with Crippen LogP contribution >= 0.6 is 27.3 Å². The van der Waals surface area contributed by atoms with Gasteiger partial charge in [0.25, 0.3) is 0 Å². The smallest absolute Gasteiger partial charge is 0.142 e. The molecule has 0 aliphatic carbocycles. The molecule has 1 aromatic heterocycles. The lowest BCUT2D eigenvalue weighted by Crippen LogP contribution is -2.05. The lowest BCUT2D eigenvalue weighted by Gasteiger charge is -2.02. The number of Topliss-reactive ketones (excluding diaryl/α,β-unsaturated/α-hetero) is 1. The molecule has 3 heteroatoms. The van der Waals surface area contributed by atoms with Gasteiger partial charge >= 0.3 is 0 Å². The van der Waals surface area contributed by atoms with E-state index in [9.17, 15) is 4.79 Å². The third-order valence-electron chi connectivity index (χ3n) is 2.30. The highest BCUT2D eigenvalue weighted by atomic mass is 79.9. The molecule has 0 saturated heterocycles. The number of carbonyl (C=O) groups excluding carboxylic acids is 1. The number of ketones is 1. The fourth-order valence-corrected chi connectivity index (χ4v) is 2.68. The maximum Gasteiger partial charge on any atom is 0.142 e. The van der Waals surface area contributed by atoms with E-state index in [2.05, 4.69) is 15.9 Å². The minimum absolute atomic E-state index is 0.259. The first kappa shape index (κ1) is 11.6. The van der Waals surface area contributed by atoms with Gasteiger partial charge in [0.1, 0.15) is 5.78 Å². The van der Waals surface area contributed by atoms with Gasteiger partial charge in [0.2, 0.25) is 0 Å². The average Bonchev–Trinajstić information content (AvgIpc) is 2.74. The normalized spacial score (nSPS) is 10.3. The maximum absolute atomic E-state index is 11.8. The summed E-state index contributed by atoms with van der Waals surface area (Å²) in [5, 5.41) is 2.00. The molecule has 1 nitrogen and oxygen atoms in total. The molecule has 0 N–H and O–H groups in total. The first-order valence-electron chi connectivity index (χ1n) is 5.03. The van der Waals surface area contributed by atoms with Gasteiger partial charge in [-0.2, -0.15) is 0 Å². The van der Waals surface area contributed by atoms with E-state index in [0.29, 0.717) is 12.8 Å². The van der Waals surface area contributed by atoms with Crippen molar-refractivity contribution < 1.29 is 4.79 Å². The fourth-order valence-electron chi connectivity index (χ4n) is 1.52. The molecular weight excluding hydrogens is 284 g/mol. The van der Waals surface area contributed by atoms with Crippen molar-refractivity contribution in [3.63, 3.8) is 0 Å². The molecular formula is C13H11BrOS. The Morgan fingerprint density at radius 2 is 1.94 bits per heavy atom. The highest BCUT2D eigenvalue weighted by Crippen LogP contribution is 2.18. The van der Waals surface area contributed by atoms with E-state index in [1.54, 1.807) is 11.3 Å². The Hall–Kier alpha value is -0.930. The maximum atomic E-state index is 11.8. The number of hydrogen-bond donors (Lipinski definition) is 0. The van der Waals surface area contributed by atoms with Crippen LogP contribution in [-0.4, -0.2) is 5.78 Å². The molecule has 0 saturated carbocycles. The molecule has 1 aromatic carbocycles. The number of thiophene rings is 1. The summed E-state index contributed by atoms with van der Waals surface area (Å²) >= 11 is 5.09. The zero-order valence-corrected chi connectivity index (χ0v) is 11.1. The molecule has 0 radical (unpaired) electrons.